The molecule has 5 nitrogen and oxygen atoms in total. The van der Waals surface area contributed by atoms with E-state index in [2.05, 4.69) is 16.0 Å². The van der Waals surface area contributed by atoms with Crippen molar-refractivity contribution >= 4 is 11.2 Å². The number of nitriles is 1. The van der Waals surface area contributed by atoms with Crippen LogP contribution in [0.25, 0.3) is 11.2 Å². The summed E-state index contributed by atoms with van der Waals surface area (Å²) in [5, 5.41) is 9.06. The molecule has 1 aliphatic heterocycles. The number of nitrogens with zero attached hydrogens (tertiary/aromatic N) is 3. The van der Waals surface area contributed by atoms with Gasteiger partial charge in [0.15, 0.2) is 16.6 Å². The first-order valence-electron chi connectivity index (χ1n) is 4.55. The third-order valence-electron chi connectivity index (χ3n) is 2.49. The van der Waals surface area contributed by atoms with Crippen molar-refractivity contribution < 1.29 is 9.15 Å². The summed E-state index contributed by atoms with van der Waals surface area (Å²) in [5.41, 5.74) is 0.434. The lowest BCUT2D eigenvalue weighted by atomic mass is 9.88. The molecule has 15 heavy (non-hydrogen) atoms. The number of fused-ring (bicyclic) bond motifs is 1. The van der Waals surface area contributed by atoms with E-state index in [4.69, 9.17) is 14.4 Å². The predicted octanol–water partition coefficient (Wildman–Crippen LogP) is 1.01. The van der Waals surface area contributed by atoms with Crippen molar-refractivity contribution in [2.75, 3.05) is 13.2 Å². The Labute approximate surface area is 85.3 Å². The quantitative estimate of drug-likeness (QED) is 0.688. The van der Waals surface area contributed by atoms with Crippen LogP contribution in [0.5, 0.6) is 0 Å². The SMILES string of the molecule is N#CC1(c2nc3ncccc3o2)COC1. The molecule has 3 heterocycles. The smallest absolute Gasteiger partial charge is 0.222 e. The Morgan fingerprint density at radius 3 is 2.93 bits per heavy atom. The van der Waals surface area contributed by atoms with E-state index in [1.54, 1.807) is 18.3 Å². The number of rotatable bonds is 1. The molecule has 1 aliphatic rings. The molecule has 0 atom stereocenters. The number of oxazole rings is 1. The minimum Gasteiger partial charge on any atom is -0.437 e. The largest absolute Gasteiger partial charge is 0.437 e. The van der Waals surface area contributed by atoms with E-state index in [0.29, 0.717) is 30.3 Å². The van der Waals surface area contributed by atoms with Gasteiger partial charge in [0.05, 0.1) is 19.3 Å². The molecule has 2 aromatic heterocycles. The Morgan fingerprint density at radius 2 is 2.33 bits per heavy atom. The Morgan fingerprint density at radius 1 is 1.47 bits per heavy atom. The van der Waals surface area contributed by atoms with Crippen LogP contribution in [0.15, 0.2) is 22.7 Å². The first kappa shape index (κ1) is 8.38. The van der Waals surface area contributed by atoms with E-state index >= 15 is 0 Å². The Hall–Kier alpha value is -1.93. The first-order valence-corrected chi connectivity index (χ1v) is 4.55. The topological polar surface area (TPSA) is 71.9 Å². The molecule has 74 valence electrons. The van der Waals surface area contributed by atoms with Crippen molar-refractivity contribution in [1.82, 2.24) is 9.97 Å². The minimum atomic E-state index is -0.708. The fourth-order valence-electron chi connectivity index (χ4n) is 1.52. The molecule has 0 spiro atoms. The zero-order chi connectivity index (χ0) is 10.3. The highest BCUT2D eigenvalue weighted by molar-refractivity contribution is 5.67. The van der Waals surface area contributed by atoms with Crippen LogP contribution >= 0.6 is 0 Å². The van der Waals surface area contributed by atoms with E-state index in [-0.39, 0.29) is 0 Å². The van der Waals surface area contributed by atoms with Crippen LogP contribution in [0.2, 0.25) is 0 Å². The van der Waals surface area contributed by atoms with Gasteiger partial charge in [-0.1, -0.05) is 0 Å². The average molecular weight is 201 g/mol. The van der Waals surface area contributed by atoms with Gasteiger partial charge in [0, 0.05) is 6.20 Å². The summed E-state index contributed by atoms with van der Waals surface area (Å²) >= 11 is 0. The number of ether oxygens (including phenoxy) is 1. The van der Waals surface area contributed by atoms with E-state index in [1.165, 1.54) is 0 Å². The standard InChI is InChI=1S/C10H7N3O2/c11-4-10(5-14-6-10)9-13-8-7(15-9)2-1-3-12-8/h1-3H,5-6H2. The average Bonchev–Trinajstić information content (AvgIpc) is 2.60. The summed E-state index contributed by atoms with van der Waals surface area (Å²) in [6, 6.07) is 5.74. The van der Waals surface area contributed by atoms with Gasteiger partial charge < -0.3 is 9.15 Å². The lowest BCUT2D eigenvalue weighted by Gasteiger charge is -2.31. The molecule has 2 aromatic rings. The maximum absolute atomic E-state index is 9.06. The third kappa shape index (κ3) is 1.05. The van der Waals surface area contributed by atoms with Crippen molar-refractivity contribution in [2.45, 2.75) is 5.41 Å². The maximum Gasteiger partial charge on any atom is 0.222 e. The summed E-state index contributed by atoms with van der Waals surface area (Å²) in [4.78, 5) is 8.25. The second kappa shape index (κ2) is 2.78. The van der Waals surface area contributed by atoms with Gasteiger partial charge in [0.2, 0.25) is 5.89 Å². The van der Waals surface area contributed by atoms with Crippen LogP contribution in [0, 0.1) is 11.3 Å². The third-order valence-corrected chi connectivity index (χ3v) is 2.49. The van der Waals surface area contributed by atoms with E-state index in [1.807, 2.05) is 0 Å². The fourth-order valence-corrected chi connectivity index (χ4v) is 1.52. The Bertz CT molecular complexity index is 518. The summed E-state index contributed by atoms with van der Waals surface area (Å²) in [6.45, 7) is 0.687. The van der Waals surface area contributed by atoms with Crippen LogP contribution in [-0.4, -0.2) is 23.2 Å². The van der Waals surface area contributed by atoms with Gasteiger partial charge in [-0.25, -0.2) is 4.98 Å². The molecule has 0 unspecified atom stereocenters. The molecule has 5 heteroatoms. The molecular formula is C10H7N3O2. The molecule has 1 fully saturated rings. The summed E-state index contributed by atoms with van der Waals surface area (Å²) < 4.78 is 10.5. The van der Waals surface area contributed by atoms with Gasteiger partial charge in [0.1, 0.15) is 0 Å². The summed E-state index contributed by atoms with van der Waals surface area (Å²) in [5.74, 6) is 0.407. The second-order valence-electron chi connectivity index (χ2n) is 3.53. The van der Waals surface area contributed by atoms with Gasteiger partial charge >= 0.3 is 0 Å². The van der Waals surface area contributed by atoms with Gasteiger partial charge in [-0.05, 0) is 12.1 Å². The van der Waals surface area contributed by atoms with Gasteiger partial charge in [-0.2, -0.15) is 10.2 Å². The van der Waals surface area contributed by atoms with Gasteiger partial charge in [0.25, 0.3) is 0 Å². The molecule has 1 saturated heterocycles. The highest BCUT2D eigenvalue weighted by atomic mass is 16.5. The minimum absolute atomic E-state index is 0.344. The van der Waals surface area contributed by atoms with Crippen LogP contribution in [0.1, 0.15) is 5.89 Å². The maximum atomic E-state index is 9.06. The zero-order valence-corrected chi connectivity index (χ0v) is 7.80. The predicted molar refractivity (Wildman–Crippen MR) is 49.9 cm³/mol. The summed E-state index contributed by atoms with van der Waals surface area (Å²) in [7, 11) is 0. The molecule has 0 radical (unpaired) electrons. The molecule has 0 aromatic carbocycles. The van der Waals surface area contributed by atoms with Crippen molar-refractivity contribution in [3.63, 3.8) is 0 Å². The lowest BCUT2D eigenvalue weighted by Crippen LogP contribution is -2.45. The van der Waals surface area contributed by atoms with Crippen molar-refractivity contribution in [3.8, 4) is 6.07 Å². The van der Waals surface area contributed by atoms with Crippen LogP contribution in [0.4, 0.5) is 0 Å². The number of aromatic nitrogens is 2. The molecule has 0 bridgehead atoms. The van der Waals surface area contributed by atoms with Crippen molar-refractivity contribution in [3.05, 3.63) is 24.2 Å². The van der Waals surface area contributed by atoms with Crippen LogP contribution in [-0.2, 0) is 10.2 Å². The first-order chi connectivity index (χ1) is 7.34. The molecular weight excluding hydrogens is 194 g/mol. The second-order valence-corrected chi connectivity index (χ2v) is 3.53. The zero-order valence-electron chi connectivity index (χ0n) is 7.80. The molecule has 0 saturated carbocycles. The van der Waals surface area contributed by atoms with E-state index in [9.17, 15) is 0 Å². The lowest BCUT2D eigenvalue weighted by molar-refractivity contribution is -0.0411. The van der Waals surface area contributed by atoms with Crippen LogP contribution < -0.4 is 0 Å². The molecule has 0 amide bonds. The number of hydrogen-bond donors (Lipinski definition) is 0. The summed E-state index contributed by atoms with van der Waals surface area (Å²) in [6.07, 6.45) is 1.64. The van der Waals surface area contributed by atoms with E-state index < -0.39 is 5.41 Å². The van der Waals surface area contributed by atoms with Crippen molar-refractivity contribution in [2.24, 2.45) is 0 Å². The fraction of sp³-hybridized carbons (Fsp3) is 0.300. The Balaban J connectivity index is 2.16. The highest BCUT2D eigenvalue weighted by Crippen LogP contribution is 2.32. The van der Waals surface area contributed by atoms with Gasteiger partial charge in [-0.15, -0.1) is 0 Å². The number of hydrogen-bond acceptors (Lipinski definition) is 5. The monoisotopic (exact) mass is 201 g/mol. The van der Waals surface area contributed by atoms with Gasteiger partial charge in [-0.3, -0.25) is 0 Å². The normalized spacial score (nSPS) is 18.3. The Kier molecular flexibility index (Phi) is 1.55. The molecule has 0 aliphatic carbocycles. The number of pyridine rings is 1. The molecule has 0 N–H and O–H groups in total. The van der Waals surface area contributed by atoms with E-state index in [0.717, 1.165) is 0 Å². The van der Waals surface area contributed by atoms with Crippen LogP contribution in [0.3, 0.4) is 0 Å². The molecule has 3 rings (SSSR count). The highest BCUT2D eigenvalue weighted by Gasteiger charge is 2.45. The van der Waals surface area contributed by atoms with Crippen molar-refractivity contribution in [1.29, 1.82) is 5.26 Å².